The summed E-state index contributed by atoms with van der Waals surface area (Å²) in [5.41, 5.74) is 2.87. The highest BCUT2D eigenvalue weighted by atomic mass is 16.2. The lowest BCUT2D eigenvalue weighted by molar-refractivity contribution is -0.121. The van der Waals surface area contributed by atoms with Gasteiger partial charge in [-0.15, -0.1) is 0 Å². The first-order chi connectivity index (χ1) is 15.4. The number of anilines is 2. The summed E-state index contributed by atoms with van der Waals surface area (Å²) in [7, 11) is 0. The summed E-state index contributed by atoms with van der Waals surface area (Å²) < 4.78 is 1.18. The molecule has 0 fully saturated rings. The molecule has 32 heavy (non-hydrogen) atoms. The van der Waals surface area contributed by atoms with E-state index in [1.807, 2.05) is 54.6 Å². The standard InChI is InChI=1S/C25H26N4O3/c1-16(2)23(30)26-21-15-20(18-9-5-4-6-10-18)27-29(25(21)32)17(3)24(31)28-14-13-19-11-7-8-12-22(19)28/h4-12,15-17H,13-14H2,1-3H3,(H,26,30)/t17-/m1/s1. The Morgan fingerprint density at radius 1 is 1.00 bits per heavy atom. The molecule has 1 atom stereocenters. The second kappa shape index (κ2) is 8.78. The Morgan fingerprint density at radius 3 is 2.41 bits per heavy atom. The minimum absolute atomic E-state index is 0.110. The molecule has 1 aromatic heterocycles. The molecule has 7 heteroatoms. The summed E-state index contributed by atoms with van der Waals surface area (Å²) in [5, 5.41) is 7.21. The van der Waals surface area contributed by atoms with Crippen LogP contribution in [0.25, 0.3) is 11.3 Å². The number of carbonyl (C=O) groups excluding carboxylic acids is 2. The van der Waals surface area contributed by atoms with E-state index in [1.54, 1.807) is 31.7 Å². The Labute approximate surface area is 186 Å². The van der Waals surface area contributed by atoms with Crippen LogP contribution < -0.4 is 15.8 Å². The zero-order valence-electron chi connectivity index (χ0n) is 18.4. The van der Waals surface area contributed by atoms with Crippen molar-refractivity contribution in [2.75, 3.05) is 16.8 Å². The number of hydrogen-bond acceptors (Lipinski definition) is 4. The molecular formula is C25H26N4O3. The number of para-hydroxylation sites is 1. The molecule has 0 saturated carbocycles. The van der Waals surface area contributed by atoms with Gasteiger partial charge in [-0.1, -0.05) is 62.4 Å². The number of nitrogens with one attached hydrogen (secondary N) is 1. The van der Waals surface area contributed by atoms with Gasteiger partial charge < -0.3 is 10.2 Å². The van der Waals surface area contributed by atoms with E-state index in [2.05, 4.69) is 10.4 Å². The van der Waals surface area contributed by atoms with Crippen LogP contribution in [-0.4, -0.2) is 28.1 Å². The fourth-order valence-electron chi connectivity index (χ4n) is 3.79. The molecule has 0 spiro atoms. The first-order valence-corrected chi connectivity index (χ1v) is 10.8. The lowest BCUT2D eigenvalue weighted by atomic mass is 10.1. The number of amides is 2. The topological polar surface area (TPSA) is 84.3 Å². The number of hydrogen-bond donors (Lipinski definition) is 1. The van der Waals surface area contributed by atoms with E-state index in [-0.39, 0.29) is 23.4 Å². The third-order valence-electron chi connectivity index (χ3n) is 5.66. The van der Waals surface area contributed by atoms with Gasteiger partial charge in [-0.05, 0) is 31.0 Å². The van der Waals surface area contributed by atoms with Crippen LogP contribution in [0.15, 0.2) is 65.5 Å². The van der Waals surface area contributed by atoms with Gasteiger partial charge in [-0.2, -0.15) is 5.10 Å². The molecule has 7 nitrogen and oxygen atoms in total. The molecule has 2 amide bonds. The lowest BCUT2D eigenvalue weighted by Crippen LogP contribution is -2.40. The molecule has 0 radical (unpaired) electrons. The normalized spacial score (nSPS) is 13.7. The quantitative estimate of drug-likeness (QED) is 0.670. The minimum atomic E-state index is -0.841. The van der Waals surface area contributed by atoms with Crippen LogP contribution in [0.5, 0.6) is 0 Å². The van der Waals surface area contributed by atoms with Gasteiger partial charge >= 0.3 is 0 Å². The summed E-state index contributed by atoms with van der Waals surface area (Å²) in [4.78, 5) is 40.6. The van der Waals surface area contributed by atoms with Crippen molar-refractivity contribution in [3.63, 3.8) is 0 Å². The van der Waals surface area contributed by atoms with Crippen LogP contribution in [0.1, 0.15) is 32.4 Å². The summed E-state index contributed by atoms with van der Waals surface area (Å²) in [6.07, 6.45) is 0.775. The first kappa shape index (κ1) is 21.5. The maximum absolute atomic E-state index is 13.4. The molecule has 0 aliphatic carbocycles. The average molecular weight is 431 g/mol. The highest BCUT2D eigenvalue weighted by molar-refractivity contribution is 5.98. The Hall–Kier alpha value is -3.74. The van der Waals surface area contributed by atoms with Gasteiger partial charge in [0.15, 0.2) is 0 Å². The van der Waals surface area contributed by atoms with Crippen molar-refractivity contribution < 1.29 is 9.59 Å². The van der Waals surface area contributed by atoms with E-state index < -0.39 is 11.6 Å². The zero-order chi connectivity index (χ0) is 22.8. The van der Waals surface area contributed by atoms with Crippen molar-refractivity contribution in [3.8, 4) is 11.3 Å². The van der Waals surface area contributed by atoms with Crippen LogP contribution in [0.3, 0.4) is 0 Å². The fourth-order valence-corrected chi connectivity index (χ4v) is 3.79. The predicted molar refractivity (Wildman–Crippen MR) is 125 cm³/mol. The predicted octanol–water partition coefficient (Wildman–Crippen LogP) is 3.66. The SMILES string of the molecule is CC(C)C(=O)Nc1cc(-c2ccccc2)nn([C@H](C)C(=O)N2CCc3ccccc32)c1=O. The molecule has 0 saturated heterocycles. The molecule has 1 aliphatic rings. The molecule has 0 bridgehead atoms. The van der Waals surface area contributed by atoms with Crippen LogP contribution in [0, 0.1) is 5.92 Å². The first-order valence-electron chi connectivity index (χ1n) is 10.8. The van der Waals surface area contributed by atoms with Crippen LogP contribution in [0.4, 0.5) is 11.4 Å². The van der Waals surface area contributed by atoms with Crippen LogP contribution >= 0.6 is 0 Å². The third-order valence-corrected chi connectivity index (χ3v) is 5.66. The molecule has 0 unspecified atom stereocenters. The number of benzene rings is 2. The van der Waals surface area contributed by atoms with Crippen molar-refractivity contribution in [3.05, 3.63) is 76.6 Å². The van der Waals surface area contributed by atoms with Crippen molar-refractivity contribution in [1.82, 2.24) is 9.78 Å². The van der Waals surface area contributed by atoms with Gasteiger partial charge in [0.05, 0.1) is 5.69 Å². The highest BCUT2D eigenvalue weighted by Crippen LogP contribution is 2.29. The Balaban J connectivity index is 1.76. The van der Waals surface area contributed by atoms with Crippen molar-refractivity contribution in [2.24, 2.45) is 5.92 Å². The summed E-state index contributed by atoms with van der Waals surface area (Å²) in [6.45, 7) is 5.74. The van der Waals surface area contributed by atoms with Gasteiger partial charge in [-0.25, -0.2) is 4.68 Å². The Morgan fingerprint density at radius 2 is 1.69 bits per heavy atom. The molecular weight excluding hydrogens is 404 g/mol. The monoisotopic (exact) mass is 430 g/mol. The molecule has 4 rings (SSSR count). The average Bonchev–Trinajstić information content (AvgIpc) is 3.24. The van der Waals surface area contributed by atoms with Gasteiger partial charge in [0.2, 0.25) is 5.91 Å². The van der Waals surface area contributed by atoms with E-state index in [9.17, 15) is 14.4 Å². The number of rotatable bonds is 5. The van der Waals surface area contributed by atoms with Gasteiger partial charge in [-0.3, -0.25) is 14.4 Å². The van der Waals surface area contributed by atoms with Crippen LogP contribution in [0.2, 0.25) is 0 Å². The van der Waals surface area contributed by atoms with Gasteiger partial charge in [0.25, 0.3) is 11.5 Å². The minimum Gasteiger partial charge on any atom is -0.321 e. The smallest absolute Gasteiger partial charge is 0.291 e. The van der Waals surface area contributed by atoms with E-state index in [0.717, 1.165) is 23.2 Å². The highest BCUT2D eigenvalue weighted by Gasteiger charge is 2.30. The molecule has 2 heterocycles. The Kier molecular flexibility index (Phi) is 5.90. The van der Waals surface area contributed by atoms with Gasteiger partial charge in [0, 0.05) is 23.7 Å². The fraction of sp³-hybridized carbons (Fsp3) is 0.280. The maximum Gasteiger partial charge on any atom is 0.291 e. The lowest BCUT2D eigenvalue weighted by Gasteiger charge is -2.23. The summed E-state index contributed by atoms with van der Waals surface area (Å²) in [5.74, 6) is -0.779. The number of nitrogens with zero attached hydrogens (tertiary/aromatic N) is 3. The Bertz CT molecular complexity index is 1220. The molecule has 164 valence electrons. The zero-order valence-corrected chi connectivity index (χ0v) is 18.4. The summed E-state index contributed by atoms with van der Waals surface area (Å²) >= 11 is 0. The van der Waals surface area contributed by atoms with E-state index in [4.69, 9.17) is 0 Å². The van der Waals surface area contributed by atoms with Crippen LogP contribution in [-0.2, 0) is 16.0 Å². The molecule has 2 aromatic carbocycles. The second-order valence-corrected chi connectivity index (χ2v) is 8.25. The van der Waals surface area contributed by atoms with Crippen molar-refractivity contribution >= 4 is 23.2 Å². The number of carbonyl (C=O) groups is 2. The van der Waals surface area contributed by atoms with Crippen molar-refractivity contribution in [2.45, 2.75) is 33.2 Å². The molecule has 3 aromatic rings. The van der Waals surface area contributed by atoms with Gasteiger partial charge in [0.1, 0.15) is 11.7 Å². The van der Waals surface area contributed by atoms with E-state index in [1.165, 1.54) is 4.68 Å². The largest absolute Gasteiger partial charge is 0.321 e. The maximum atomic E-state index is 13.4. The summed E-state index contributed by atoms with van der Waals surface area (Å²) in [6, 6.07) is 17.9. The third kappa shape index (κ3) is 4.06. The van der Waals surface area contributed by atoms with E-state index in [0.29, 0.717) is 12.2 Å². The molecule has 1 N–H and O–H groups in total. The number of fused-ring (bicyclic) bond motifs is 1. The second-order valence-electron chi connectivity index (χ2n) is 8.25. The van der Waals surface area contributed by atoms with Crippen molar-refractivity contribution in [1.29, 1.82) is 0 Å². The molecule has 1 aliphatic heterocycles. The van der Waals surface area contributed by atoms with E-state index >= 15 is 0 Å². The number of aromatic nitrogens is 2.